The summed E-state index contributed by atoms with van der Waals surface area (Å²) in [4.78, 5) is 30.3. The standard InChI is InChI=1S/C26H27F5N6O5S2/c1-3-25(27,28)18-6-4-17(5-7-18)14-32-22(39)21-15-36(24-34-23(35-43-24)33-16(2)38)12-13-37(21)44(40,41)20-10-8-19(9-11-20)42-26(29,30)31/h4-11,21H,3,12-15H2,1-2H3,(H,32,39)(H,33,35,38)/t21-/m1/s1. The van der Waals surface area contributed by atoms with E-state index in [0.717, 1.165) is 40.1 Å². The molecule has 3 aromatic rings. The van der Waals surface area contributed by atoms with Gasteiger partial charge in [0.1, 0.15) is 11.8 Å². The highest BCUT2D eigenvalue weighted by atomic mass is 32.2. The number of nitrogens with one attached hydrogen (secondary N) is 2. The number of ether oxygens (including phenoxy) is 1. The largest absolute Gasteiger partial charge is 0.573 e. The SMILES string of the molecule is CCC(F)(F)c1ccc(CNC(=O)[C@H]2CN(c3nc(NC(C)=O)ns3)CCN2S(=O)(=O)c2ccc(OC(F)(F)F)cc2)cc1. The molecule has 2 aromatic carbocycles. The Morgan fingerprint density at radius 1 is 1.05 bits per heavy atom. The zero-order chi connectivity index (χ0) is 32.3. The summed E-state index contributed by atoms with van der Waals surface area (Å²) in [7, 11) is -4.40. The van der Waals surface area contributed by atoms with Crippen LogP contribution in [0.5, 0.6) is 5.75 Å². The fourth-order valence-electron chi connectivity index (χ4n) is 4.32. The average molecular weight is 663 g/mol. The first-order valence-electron chi connectivity index (χ1n) is 13.1. The van der Waals surface area contributed by atoms with Crippen molar-refractivity contribution in [2.24, 2.45) is 0 Å². The molecule has 2 N–H and O–H groups in total. The number of rotatable bonds is 10. The van der Waals surface area contributed by atoms with Gasteiger partial charge in [-0.15, -0.1) is 13.2 Å². The Hall–Kier alpha value is -3.90. The fraction of sp³-hybridized carbons (Fsp3) is 0.385. The van der Waals surface area contributed by atoms with Crippen LogP contribution < -0.4 is 20.3 Å². The molecule has 1 aliphatic rings. The van der Waals surface area contributed by atoms with E-state index >= 15 is 0 Å². The van der Waals surface area contributed by atoms with E-state index in [4.69, 9.17) is 0 Å². The van der Waals surface area contributed by atoms with Crippen LogP contribution in [0.4, 0.5) is 33.0 Å². The lowest BCUT2D eigenvalue weighted by Crippen LogP contribution is -2.60. The Labute approximate surface area is 253 Å². The van der Waals surface area contributed by atoms with E-state index < -0.39 is 45.9 Å². The van der Waals surface area contributed by atoms with Gasteiger partial charge < -0.3 is 15.0 Å². The third-order valence-corrected chi connectivity index (χ3v) is 9.26. The van der Waals surface area contributed by atoms with Gasteiger partial charge in [0.15, 0.2) is 0 Å². The monoisotopic (exact) mass is 662 g/mol. The number of sulfonamides is 1. The molecular weight excluding hydrogens is 635 g/mol. The first kappa shape index (κ1) is 33.0. The zero-order valence-corrected chi connectivity index (χ0v) is 24.9. The molecule has 0 spiro atoms. The summed E-state index contributed by atoms with van der Waals surface area (Å²) < 4.78 is 102. The summed E-state index contributed by atoms with van der Waals surface area (Å²) in [5.41, 5.74) is 0.304. The molecule has 11 nitrogen and oxygen atoms in total. The maximum Gasteiger partial charge on any atom is 0.573 e. The summed E-state index contributed by atoms with van der Waals surface area (Å²) >= 11 is 0.922. The molecule has 1 atom stereocenters. The first-order chi connectivity index (χ1) is 20.6. The second-order valence-electron chi connectivity index (χ2n) is 9.65. The maximum absolute atomic E-state index is 14.0. The Morgan fingerprint density at radius 3 is 2.30 bits per heavy atom. The van der Waals surface area contributed by atoms with Crippen LogP contribution in [-0.2, 0) is 32.1 Å². The molecule has 2 amide bonds. The molecule has 0 saturated carbocycles. The average Bonchev–Trinajstić information content (AvgIpc) is 3.43. The molecular formula is C26H27F5N6O5S2. The highest BCUT2D eigenvalue weighted by Gasteiger charge is 2.41. The minimum atomic E-state index is -4.97. The molecule has 2 heterocycles. The number of alkyl halides is 5. The van der Waals surface area contributed by atoms with Crippen LogP contribution in [0.2, 0.25) is 0 Å². The van der Waals surface area contributed by atoms with Crippen LogP contribution in [0.15, 0.2) is 53.4 Å². The van der Waals surface area contributed by atoms with Gasteiger partial charge in [0.05, 0.1) is 4.90 Å². The van der Waals surface area contributed by atoms with Crippen molar-refractivity contribution in [2.45, 2.75) is 50.0 Å². The van der Waals surface area contributed by atoms with Crippen LogP contribution in [0.1, 0.15) is 31.4 Å². The van der Waals surface area contributed by atoms with Crippen molar-refractivity contribution < 1.29 is 44.7 Å². The molecule has 18 heteroatoms. The quantitative estimate of drug-likeness (QED) is 0.310. The third-order valence-electron chi connectivity index (χ3n) is 6.56. The Kier molecular flexibility index (Phi) is 9.74. The number of carbonyl (C=O) groups excluding carboxylic acids is 2. The smallest absolute Gasteiger partial charge is 0.406 e. The number of halogens is 5. The summed E-state index contributed by atoms with van der Waals surface area (Å²) in [5, 5.41) is 5.38. The first-order valence-corrected chi connectivity index (χ1v) is 15.3. The van der Waals surface area contributed by atoms with Crippen molar-refractivity contribution in [3.05, 3.63) is 59.7 Å². The van der Waals surface area contributed by atoms with E-state index in [-0.39, 0.29) is 49.0 Å². The fourth-order valence-corrected chi connectivity index (χ4v) is 6.55. The van der Waals surface area contributed by atoms with E-state index in [1.807, 2.05) is 0 Å². The Bertz CT molecular complexity index is 1580. The number of carbonyl (C=O) groups is 2. The summed E-state index contributed by atoms with van der Waals surface area (Å²) in [6.45, 7) is 2.20. The number of hydrogen-bond donors (Lipinski definition) is 2. The lowest BCUT2D eigenvalue weighted by molar-refractivity contribution is -0.274. The Balaban J connectivity index is 1.57. The van der Waals surface area contributed by atoms with Crippen LogP contribution in [0.25, 0.3) is 0 Å². The minimum absolute atomic E-state index is 0.0341. The lowest BCUT2D eigenvalue weighted by atomic mass is 10.0. The number of anilines is 2. The maximum atomic E-state index is 14.0. The lowest BCUT2D eigenvalue weighted by Gasteiger charge is -2.39. The summed E-state index contributed by atoms with van der Waals surface area (Å²) in [6.07, 6.45) is -5.35. The molecule has 0 bridgehead atoms. The predicted molar refractivity (Wildman–Crippen MR) is 150 cm³/mol. The second kappa shape index (κ2) is 13.0. The van der Waals surface area contributed by atoms with Crippen molar-refractivity contribution in [3.63, 3.8) is 0 Å². The Morgan fingerprint density at radius 2 is 1.70 bits per heavy atom. The van der Waals surface area contributed by atoms with E-state index in [1.54, 1.807) is 4.90 Å². The van der Waals surface area contributed by atoms with E-state index in [2.05, 4.69) is 24.7 Å². The number of amides is 2. The molecule has 44 heavy (non-hydrogen) atoms. The van der Waals surface area contributed by atoms with Crippen LogP contribution in [0, 0.1) is 0 Å². The van der Waals surface area contributed by atoms with Crippen molar-refractivity contribution in [1.29, 1.82) is 0 Å². The highest BCUT2D eigenvalue weighted by molar-refractivity contribution is 7.89. The topological polar surface area (TPSA) is 134 Å². The second-order valence-corrected chi connectivity index (χ2v) is 12.3. The van der Waals surface area contributed by atoms with Gasteiger partial charge in [-0.1, -0.05) is 31.2 Å². The van der Waals surface area contributed by atoms with Gasteiger partial charge in [0.2, 0.25) is 32.9 Å². The molecule has 238 valence electrons. The molecule has 1 aliphatic heterocycles. The van der Waals surface area contributed by atoms with Gasteiger partial charge in [-0.2, -0.15) is 13.7 Å². The summed E-state index contributed by atoms with van der Waals surface area (Å²) in [5.74, 6) is -4.72. The van der Waals surface area contributed by atoms with Gasteiger partial charge in [-0.25, -0.2) is 17.2 Å². The molecule has 0 unspecified atom stereocenters. The normalized spacial score (nSPS) is 16.4. The van der Waals surface area contributed by atoms with Crippen LogP contribution in [0.3, 0.4) is 0 Å². The van der Waals surface area contributed by atoms with Gasteiger partial charge in [-0.05, 0) is 29.8 Å². The van der Waals surface area contributed by atoms with Crippen molar-refractivity contribution in [1.82, 2.24) is 19.0 Å². The number of nitrogens with zero attached hydrogens (tertiary/aromatic N) is 4. The minimum Gasteiger partial charge on any atom is -0.406 e. The molecule has 4 rings (SSSR count). The predicted octanol–water partition coefficient (Wildman–Crippen LogP) is 4.09. The van der Waals surface area contributed by atoms with Gasteiger partial charge in [0, 0.05) is 56.6 Å². The van der Waals surface area contributed by atoms with Crippen molar-refractivity contribution in [3.8, 4) is 5.75 Å². The number of piperazine rings is 1. The molecule has 1 saturated heterocycles. The number of aromatic nitrogens is 2. The zero-order valence-electron chi connectivity index (χ0n) is 23.3. The van der Waals surface area contributed by atoms with E-state index in [1.165, 1.54) is 38.1 Å². The van der Waals surface area contributed by atoms with Gasteiger partial charge in [-0.3, -0.25) is 14.9 Å². The number of hydrogen-bond acceptors (Lipinski definition) is 9. The molecule has 0 aliphatic carbocycles. The molecule has 1 fully saturated rings. The van der Waals surface area contributed by atoms with Crippen molar-refractivity contribution in [2.75, 3.05) is 29.9 Å². The van der Waals surface area contributed by atoms with Gasteiger partial charge >= 0.3 is 6.36 Å². The third kappa shape index (κ3) is 7.97. The highest BCUT2D eigenvalue weighted by Crippen LogP contribution is 2.32. The van der Waals surface area contributed by atoms with Crippen LogP contribution >= 0.6 is 11.5 Å². The summed E-state index contributed by atoms with van der Waals surface area (Å²) in [6, 6.07) is 7.59. The molecule has 0 radical (unpaired) electrons. The van der Waals surface area contributed by atoms with E-state index in [0.29, 0.717) is 10.7 Å². The van der Waals surface area contributed by atoms with E-state index in [9.17, 15) is 40.0 Å². The van der Waals surface area contributed by atoms with Crippen LogP contribution in [-0.4, -0.2) is 65.9 Å². The van der Waals surface area contributed by atoms with Gasteiger partial charge in [0.25, 0.3) is 5.92 Å². The molecule has 1 aromatic heterocycles. The van der Waals surface area contributed by atoms with Crippen molar-refractivity contribution >= 4 is 44.5 Å². The number of benzene rings is 2.